The fourth-order valence-corrected chi connectivity index (χ4v) is 1.37. The van der Waals surface area contributed by atoms with E-state index in [1.54, 1.807) is 18.2 Å². The van der Waals surface area contributed by atoms with Crippen molar-refractivity contribution < 1.29 is 14.6 Å². The van der Waals surface area contributed by atoms with Crippen LogP contribution in [0.5, 0.6) is 5.75 Å². The van der Waals surface area contributed by atoms with E-state index in [1.807, 2.05) is 6.92 Å². The lowest BCUT2D eigenvalue weighted by Crippen LogP contribution is -2.23. The number of carboxylic acids is 1. The van der Waals surface area contributed by atoms with Gasteiger partial charge in [-0.15, -0.1) is 0 Å². The summed E-state index contributed by atoms with van der Waals surface area (Å²) in [5.74, 6) is -0.399. The molecule has 1 aromatic carbocycles. The minimum absolute atomic E-state index is 0.580. The Morgan fingerprint density at radius 3 is 2.80 bits per heavy atom. The first kappa shape index (κ1) is 11.9. The summed E-state index contributed by atoms with van der Waals surface area (Å²) in [6.07, 6.45) is -0.0983. The van der Waals surface area contributed by atoms with Crippen molar-refractivity contribution in [1.29, 1.82) is 0 Å². The standard InChI is InChI=1S/C11H13ClO3/c1-3-8-6-9(12)4-5-10(8)15-7(2)11(13)14/h4-7H,3H2,1-2H3,(H,13,14). The van der Waals surface area contributed by atoms with E-state index < -0.39 is 12.1 Å². The fraction of sp³-hybridized carbons (Fsp3) is 0.364. The van der Waals surface area contributed by atoms with Crippen LogP contribution in [0.3, 0.4) is 0 Å². The molecule has 0 aliphatic heterocycles. The lowest BCUT2D eigenvalue weighted by molar-refractivity contribution is -0.144. The van der Waals surface area contributed by atoms with Crippen LogP contribution >= 0.6 is 11.6 Å². The van der Waals surface area contributed by atoms with E-state index in [2.05, 4.69) is 0 Å². The second kappa shape index (κ2) is 5.03. The van der Waals surface area contributed by atoms with Crippen LogP contribution in [0.25, 0.3) is 0 Å². The van der Waals surface area contributed by atoms with E-state index in [4.69, 9.17) is 21.4 Å². The summed E-state index contributed by atoms with van der Waals surface area (Å²) in [4.78, 5) is 10.6. The predicted octanol–water partition coefficient (Wildman–Crippen LogP) is 2.75. The van der Waals surface area contributed by atoms with E-state index in [0.29, 0.717) is 10.8 Å². The zero-order valence-corrected chi connectivity index (χ0v) is 9.41. The minimum atomic E-state index is -0.980. The molecule has 4 heteroatoms. The summed E-state index contributed by atoms with van der Waals surface area (Å²) in [6, 6.07) is 5.16. The SMILES string of the molecule is CCc1cc(Cl)ccc1OC(C)C(=O)O. The first-order valence-electron chi connectivity index (χ1n) is 4.72. The lowest BCUT2D eigenvalue weighted by atomic mass is 10.1. The average Bonchev–Trinajstić information content (AvgIpc) is 2.20. The smallest absolute Gasteiger partial charge is 0.344 e. The third kappa shape index (κ3) is 3.13. The zero-order valence-electron chi connectivity index (χ0n) is 8.66. The highest BCUT2D eigenvalue weighted by molar-refractivity contribution is 6.30. The first-order valence-corrected chi connectivity index (χ1v) is 5.10. The number of aliphatic carboxylic acids is 1. The van der Waals surface area contributed by atoms with Gasteiger partial charge in [-0.2, -0.15) is 0 Å². The average molecular weight is 229 g/mol. The molecule has 0 aliphatic carbocycles. The fourth-order valence-electron chi connectivity index (χ4n) is 1.18. The Labute approximate surface area is 93.6 Å². The van der Waals surface area contributed by atoms with E-state index in [9.17, 15) is 4.79 Å². The van der Waals surface area contributed by atoms with Crippen LogP contribution in [-0.4, -0.2) is 17.2 Å². The molecular weight excluding hydrogens is 216 g/mol. The number of hydrogen-bond donors (Lipinski definition) is 1. The van der Waals surface area contributed by atoms with Crippen molar-refractivity contribution in [3.05, 3.63) is 28.8 Å². The normalized spacial score (nSPS) is 12.2. The number of carbonyl (C=O) groups is 1. The zero-order chi connectivity index (χ0) is 11.4. The Kier molecular flexibility index (Phi) is 3.97. The molecule has 0 bridgehead atoms. The van der Waals surface area contributed by atoms with Gasteiger partial charge in [-0.05, 0) is 37.1 Å². The number of rotatable bonds is 4. The van der Waals surface area contributed by atoms with Crippen LogP contribution in [0.4, 0.5) is 0 Å². The third-order valence-electron chi connectivity index (χ3n) is 2.05. The molecule has 0 saturated carbocycles. The Morgan fingerprint density at radius 2 is 2.27 bits per heavy atom. The maximum Gasteiger partial charge on any atom is 0.344 e. The van der Waals surface area contributed by atoms with Crippen LogP contribution in [0.1, 0.15) is 19.4 Å². The monoisotopic (exact) mass is 228 g/mol. The predicted molar refractivity (Wildman–Crippen MR) is 58.6 cm³/mol. The van der Waals surface area contributed by atoms with Crippen molar-refractivity contribution in [2.24, 2.45) is 0 Å². The number of ether oxygens (including phenoxy) is 1. The molecule has 0 radical (unpaired) electrons. The van der Waals surface area contributed by atoms with Gasteiger partial charge in [-0.25, -0.2) is 4.79 Å². The summed E-state index contributed by atoms with van der Waals surface area (Å²) in [5.41, 5.74) is 0.913. The first-order chi connectivity index (χ1) is 7.04. The van der Waals surface area contributed by atoms with E-state index in [-0.39, 0.29) is 0 Å². The van der Waals surface area contributed by atoms with Gasteiger partial charge in [0.05, 0.1) is 0 Å². The maximum absolute atomic E-state index is 10.6. The minimum Gasteiger partial charge on any atom is -0.479 e. The Hall–Kier alpha value is -1.22. The van der Waals surface area contributed by atoms with Gasteiger partial charge in [0, 0.05) is 5.02 Å². The molecule has 0 fully saturated rings. The van der Waals surface area contributed by atoms with Crippen molar-refractivity contribution in [3.63, 3.8) is 0 Å². The maximum atomic E-state index is 10.6. The van der Waals surface area contributed by atoms with Crippen molar-refractivity contribution in [2.75, 3.05) is 0 Å². The molecule has 1 unspecified atom stereocenters. The third-order valence-corrected chi connectivity index (χ3v) is 2.29. The number of benzene rings is 1. The lowest BCUT2D eigenvalue weighted by Gasteiger charge is -2.13. The van der Waals surface area contributed by atoms with Gasteiger partial charge in [0.1, 0.15) is 5.75 Å². The molecule has 1 rings (SSSR count). The van der Waals surface area contributed by atoms with E-state index in [1.165, 1.54) is 6.92 Å². The van der Waals surface area contributed by atoms with Crippen molar-refractivity contribution in [1.82, 2.24) is 0 Å². The highest BCUT2D eigenvalue weighted by Gasteiger charge is 2.14. The molecule has 1 aromatic rings. The van der Waals surface area contributed by atoms with Crippen LogP contribution in [0.2, 0.25) is 5.02 Å². The number of carboxylic acid groups (broad SMARTS) is 1. The topological polar surface area (TPSA) is 46.5 Å². The Morgan fingerprint density at radius 1 is 1.60 bits per heavy atom. The van der Waals surface area contributed by atoms with Crippen molar-refractivity contribution >= 4 is 17.6 Å². The van der Waals surface area contributed by atoms with Gasteiger partial charge < -0.3 is 9.84 Å². The number of halogens is 1. The summed E-state index contributed by atoms with van der Waals surface area (Å²) in [6.45, 7) is 3.46. The molecule has 0 aromatic heterocycles. The molecule has 0 saturated heterocycles. The van der Waals surface area contributed by atoms with Gasteiger partial charge in [0.15, 0.2) is 6.10 Å². The molecule has 1 atom stereocenters. The van der Waals surface area contributed by atoms with Crippen molar-refractivity contribution in [3.8, 4) is 5.75 Å². The second-order valence-electron chi connectivity index (χ2n) is 3.20. The van der Waals surface area contributed by atoms with Gasteiger partial charge in [-0.3, -0.25) is 0 Å². The molecule has 15 heavy (non-hydrogen) atoms. The van der Waals surface area contributed by atoms with Gasteiger partial charge in [0.25, 0.3) is 0 Å². The van der Waals surface area contributed by atoms with Gasteiger partial charge in [0.2, 0.25) is 0 Å². The van der Waals surface area contributed by atoms with Crippen LogP contribution in [0.15, 0.2) is 18.2 Å². The molecule has 0 spiro atoms. The van der Waals surface area contributed by atoms with Gasteiger partial charge >= 0.3 is 5.97 Å². The highest BCUT2D eigenvalue weighted by Crippen LogP contribution is 2.24. The van der Waals surface area contributed by atoms with Crippen LogP contribution in [0, 0.1) is 0 Å². The quantitative estimate of drug-likeness (QED) is 0.862. The molecule has 0 amide bonds. The molecule has 0 heterocycles. The number of hydrogen-bond acceptors (Lipinski definition) is 2. The van der Waals surface area contributed by atoms with Crippen molar-refractivity contribution in [2.45, 2.75) is 26.4 Å². The Balaban J connectivity index is 2.89. The van der Waals surface area contributed by atoms with Crippen LogP contribution in [-0.2, 0) is 11.2 Å². The second-order valence-corrected chi connectivity index (χ2v) is 3.64. The van der Waals surface area contributed by atoms with E-state index >= 15 is 0 Å². The molecule has 0 aliphatic rings. The van der Waals surface area contributed by atoms with E-state index in [0.717, 1.165) is 12.0 Å². The summed E-state index contributed by atoms with van der Waals surface area (Å²) in [7, 11) is 0. The molecule has 1 N–H and O–H groups in total. The largest absolute Gasteiger partial charge is 0.479 e. The van der Waals surface area contributed by atoms with Gasteiger partial charge in [-0.1, -0.05) is 18.5 Å². The molecular formula is C11H13ClO3. The molecule has 3 nitrogen and oxygen atoms in total. The Bertz CT molecular complexity index is 363. The van der Waals surface area contributed by atoms with Crippen LogP contribution < -0.4 is 4.74 Å². The summed E-state index contributed by atoms with van der Waals surface area (Å²) in [5, 5.41) is 9.34. The summed E-state index contributed by atoms with van der Waals surface area (Å²) >= 11 is 5.82. The summed E-state index contributed by atoms with van der Waals surface area (Å²) < 4.78 is 5.29. The highest BCUT2D eigenvalue weighted by atomic mass is 35.5. The number of aryl methyl sites for hydroxylation is 1. The molecule has 82 valence electrons.